The monoisotopic (exact) mass is 398 g/mol. The van der Waals surface area contributed by atoms with Crippen LogP contribution in [0, 0.1) is 0 Å². The first kappa shape index (κ1) is 19.6. The van der Waals surface area contributed by atoms with Gasteiger partial charge in [0.25, 0.3) is 11.8 Å². The molecule has 0 heterocycles. The maximum absolute atomic E-state index is 12.9. The smallest absolute Gasteiger partial charge is 0.267 e. The van der Waals surface area contributed by atoms with Crippen LogP contribution in [0.15, 0.2) is 42.5 Å². The van der Waals surface area contributed by atoms with Crippen molar-refractivity contribution < 1.29 is 9.59 Å². The standard InChI is InChI=1S/C18H17Cl3N2O2/c1-18(2,3)23(17(25)14-6-4-5-7-15(14)21)22-16(24)11-8-12(19)10-13(20)9-11/h4-10H,1-3H3,(H,22,24). The summed E-state index contributed by atoms with van der Waals surface area (Å²) in [5, 5.41) is 2.21. The molecular weight excluding hydrogens is 383 g/mol. The van der Waals surface area contributed by atoms with Crippen LogP contribution in [-0.2, 0) is 0 Å². The summed E-state index contributed by atoms with van der Waals surface area (Å²) in [6.07, 6.45) is 0. The lowest BCUT2D eigenvalue weighted by Gasteiger charge is -2.35. The molecule has 0 radical (unpaired) electrons. The van der Waals surface area contributed by atoms with Gasteiger partial charge in [-0.3, -0.25) is 15.0 Å². The van der Waals surface area contributed by atoms with Gasteiger partial charge in [0, 0.05) is 15.6 Å². The molecule has 25 heavy (non-hydrogen) atoms. The van der Waals surface area contributed by atoms with Gasteiger partial charge in [-0.15, -0.1) is 0 Å². The molecule has 2 amide bonds. The highest BCUT2D eigenvalue weighted by molar-refractivity contribution is 6.35. The second-order valence-corrected chi connectivity index (χ2v) is 7.67. The number of hydrogen-bond donors (Lipinski definition) is 1. The van der Waals surface area contributed by atoms with Crippen LogP contribution in [0.1, 0.15) is 41.5 Å². The Hall–Kier alpha value is -1.75. The normalized spacial score (nSPS) is 11.1. The number of nitrogens with zero attached hydrogens (tertiary/aromatic N) is 1. The third-order valence-corrected chi connectivity index (χ3v) is 4.08. The molecule has 0 aromatic heterocycles. The molecule has 132 valence electrons. The minimum Gasteiger partial charge on any atom is -0.267 e. The summed E-state index contributed by atoms with van der Waals surface area (Å²) < 4.78 is 0. The van der Waals surface area contributed by atoms with E-state index in [1.807, 2.05) is 0 Å². The second kappa shape index (κ2) is 7.65. The summed E-state index contributed by atoms with van der Waals surface area (Å²) in [4.78, 5) is 25.5. The van der Waals surface area contributed by atoms with Crippen LogP contribution < -0.4 is 5.43 Å². The molecule has 0 unspecified atom stereocenters. The average molecular weight is 400 g/mol. The first-order chi connectivity index (χ1) is 11.6. The number of benzene rings is 2. The number of carbonyl (C=O) groups excluding carboxylic acids is 2. The Morgan fingerprint density at radius 1 is 0.960 bits per heavy atom. The second-order valence-electron chi connectivity index (χ2n) is 6.39. The molecule has 0 atom stereocenters. The first-order valence-corrected chi connectivity index (χ1v) is 8.59. The lowest BCUT2D eigenvalue weighted by atomic mass is 10.1. The largest absolute Gasteiger partial charge is 0.274 e. The van der Waals surface area contributed by atoms with Crippen molar-refractivity contribution in [1.82, 2.24) is 10.4 Å². The van der Waals surface area contributed by atoms with E-state index in [1.165, 1.54) is 23.2 Å². The van der Waals surface area contributed by atoms with Gasteiger partial charge < -0.3 is 0 Å². The van der Waals surface area contributed by atoms with Gasteiger partial charge in [0.15, 0.2) is 0 Å². The number of nitrogens with one attached hydrogen (secondary N) is 1. The van der Waals surface area contributed by atoms with Crippen LogP contribution >= 0.6 is 34.8 Å². The fourth-order valence-corrected chi connectivity index (χ4v) is 2.87. The van der Waals surface area contributed by atoms with Crippen molar-refractivity contribution in [2.45, 2.75) is 26.3 Å². The molecule has 0 aliphatic rings. The van der Waals surface area contributed by atoms with Crippen LogP contribution in [0.3, 0.4) is 0 Å². The summed E-state index contributed by atoms with van der Waals surface area (Å²) in [7, 11) is 0. The highest BCUT2D eigenvalue weighted by Gasteiger charge is 2.30. The maximum Gasteiger partial charge on any atom is 0.274 e. The number of halogens is 3. The minimum absolute atomic E-state index is 0.249. The Bertz CT molecular complexity index is 796. The van der Waals surface area contributed by atoms with Crippen molar-refractivity contribution in [2.75, 3.05) is 0 Å². The molecule has 1 N–H and O–H groups in total. The molecule has 4 nitrogen and oxygen atoms in total. The van der Waals surface area contributed by atoms with Gasteiger partial charge in [0.1, 0.15) is 0 Å². The van der Waals surface area contributed by atoms with Crippen molar-refractivity contribution in [3.8, 4) is 0 Å². The van der Waals surface area contributed by atoms with E-state index in [0.717, 1.165) is 0 Å². The maximum atomic E-state index is 12.9. The third kappa shape index (κ3) is 4.88. The van der Waals surface area contributed by atoms with Gasteiger partial charge in [-0.05, 0) is 51.1 Å². The van der Waals surface area contributed by atoms with Gasteiger partial charge in [0.2, 0.25) is 0 Å². The summed E-state index contributed by atoms with van der Waals surface area (Å²) >= 11 is 18.0. The summed E-state index contributed by atoms with van der Waals surface area (Å²) in [6, 6.07) is 11.1. The Kier molecular flexibility index (Phi) is 5.99. The summed E-state index contributed by atoms with van der Waals surface area (Å²) in [5.41, 5.74) is 2.48. The van der Waals surface area contributed by atoms with Crippen molar-refractivity contribution in [2.24, 2.45) is 0 Å². The van der Waals surface area contributed by atoms with E-state index in [2.05, 4.69) is 5.43 Å². The van der Waals surface area contributed by atoms with Crippen molar-refractivity contribution in [1.29, 1.82) is 0 Å². The molecule has 2 aromatic rings. The molecule has 0 fully saturated rings. The number of hydrazine groups is 1. The first-order valence-electron chi connectivity index (χ1n) is 7.46. The van der Waals surface area contributed by atoms with E-state index in [9.17, 15) is 9.59 Å². The molecule has 2 aromatic carbocycles. The number of carbonyl (C=O) groups is 2. The van der Waals surface area contributed by atoms with Crippen LogP contribution in [0.25, 0.3) is 0 Å². The molecule has 0 saturated heterocycles. The zero-order chi connectivity index (χ0) is 18.8. The lowest BCUT2D eigenvalue weighted by Crippen LogP contribution is -2.55. The van der Waals surface area contributed by atoms with E-state index in [4.69, 9.17) is 34.8 Å². The fraction of sp³-hybridized carbons (Fsp3) is 0.222. The fourth-order valence-electron chi connectivity index (χ4n) is 2.13. The zero-order valence-electron chi connectivity index (χ0n) is 13.9. The molecular formula is C18H17Cl3N2O2. The lowest BCUT2D eigenvalue weighted by molar-refractivity contribution is 0.0359. The molecule has 0 aliphatic heterocycles. The molecule has 0 bridgehead atoms. The molecule has 0 saturated carbocycles. The topological polar surface area (TPSA) is 49.4 Å². The SMILES string of the molecule is CC(C)(C)N(NC(=O)c1cc(Cl)cc(Cl)c1)C(=O)c1ccccc1Cl. The molecule has 0 spiro atoms. The minimum atomic E-state index is -0.686. The van der Waals surface area contributed by atoms with E-state index >= 15 is 0 Å². The third-order valence-electron chi connectivity index (χ3n) is 3.32. The van der Waals surface area contributed by atoms with Crippen LogP contribution in [0.5, 0.6) is 0 Å². The van der Waals surface area contributed by atoms with Gasteiger partial charge in [-0.25, -0.2) is 5.01 Å². The molecule has 7 heteroatoms. The zero-order valence-corrected chi connectivity index (χ0v) is 16.2. The Morgan fingerprint density at radius 3 is 2.04 bits per heavy atom. The Morgan fingerprint density at radius 2 is 1.52 bits per heavy atom. The Balaban J connectivity index is 2.34. The van der Waals surface area contributed by atoms with Crippen molar-refractivity contribution >= 4 is 46.6 Å². The molecule has 0 aliphatic carbocycles. The van der Waals surface area contributed by atoms with E-state index in [-0.39, 0.29) is 5.56 Å². The van der Waals surface area contributed by atoms with Crippen molar-refractivity contribution in [3.63, 3.8) is 0 Å². The van der Waals surface area contributed by atoms with E-state index in [0.29, 0.717) is 20.6 Å². The van der Waals surface area contributed by atoms with Crippen molar-refractivity contribution in [3.05, 3.63) is 68.7 Å². The number of amides is 2. The van der Waals surface area contributed by atoms with Gasteiger partial charge >= 0.3 is 0 Å². The summed E-state index contributed by atoms with van der Waals surface area (Å²) in [5.74, 6) is -0.917. The molecule has 2 rings (SSSR count). The van der Waals surface area contributed by atoms with E-state index < -0.39 is 17.4 Å². The van der Waals surface area contributed by atoms with Crippen LogP contribution in [-0.4, -0.2) is 22.4 Å². The predicted octanol–water partition coefficient (Wildman–Crippen LogP) is 5.23. The highest BCUT2D eigenvalue weighted by atomic mass is 35.5. The average Bonchev–Trinajstić information content (AvgIpc) is 2.50. The highest BCUT2D eigenvalue weighted by Crippen LogP contribution is 2.22. The van der Waals surface area contributed by atoms with Crippen LogP contribution in [0.2, 0.25) is 15.1 Å². The Labute approximate surface area is 161 Å². The summed E-state index contributed by atoms with van der Waals surface area (Å²) in [6.45, 7) is 5.40. The van der Waals surface area contributed by atoms with Crippen LogP contribution in [0.4, 0.5) is 0 Å². The predicted molar refractivity (Wildman–Crippen MR) is 101 cm³/mol. The van der Waals surface area contributed by atoms with Gasteiger partial charge in [0.05, 0.1) is 16.1 Å². The van der Waals surface area contributed by atoms with Gasteiger partial charge in [-0.2, -0.15) is 0 Å². The number of hydrogen-bond acceptors (Lipinski definition) is 2. The van der Waals surface area contributed by atoms with Gasteiger partial charge in [-0.1, -0.05) is 46.9 Å². The number of rotatable bonds is 2. The quantitative estimate of drug-likeness (QED) is 0.703. The van der Waals surface area contributed by atoms with E-state index in [1.54, 1.807) is 45.0 Å².